The molecule has 0 aliphatic heterocycles. The summed E-state index contributed by atoms with van der Waals surface area (Å²) < 4.78 is 40.1. The van der Waals surface area contributed by atoms with Gasteiger partial charge in [0.15, 0.2) is 5.65 Å². The van der Waals surface area contributed by atoms with Crippen LogP contribution in [0.3, 0.4) is 0 Å². The Balaban J connectivity index is 2.27. The maximum Gasteiger partial charge on any atom is 0.416 e. The second kappa shape index (κ2) is 4.47. The predicted molar refractivity (Wildman–Crippen MR) is 72.6 cm³/mol. The molecule has 4 nitrogen and oxygen atoms in total. The third-order valence-corrected chi connectivity index (χ3v) is 3.23. The van der Waals surface area contributed by atoms with Crippen molar-refractivity contribution < 1.29 is 13.2 Å². The van der Waals surface area contributed by atoms with Gasteiger partial charge in [-0.25, -0.2) is 4.52 Å². The summed E-state index contributed by atoms with van der Waals surface area (Å²) in [6.45, 7) is 1.75. The van der Waals surface area contributed by atoms with Crippen LogP contribution in [-0.4, -0.2) is 14.6 Å². The second-order valence-corrected chi connectivity index (χ2v) is 4.69. The van der Waals surface area contributed by atoms with E-state index < -0.39 is 11.7 Å². The van der Waals surface area contributed by atoms with E-state index in [1.165, 1.54) is 10.6 Å². The molecule has 2 aromatic heterocycles. The highest BCUT2D eigenvalue weighted by molar-refractivity contribution is 5.80. The summed E-state index contributed by atoms with van der Waals surface area (Å²) in [4.78, 5) is 4.07. The van der Waals surface area contributed by atoms with Gasteiger partial charge in [0, 0.05) is 11.8 Å². The van der Waals surface area contributed by atoms with Crippen molar-refractivity contribution in [1.29, 1.82) is 0 Å². The number of anilines is 1. The smallest absolute Gasteiger partial charge is 0.366 e. The third-order valence-electron chi connectivity index (χ3n) is 3.23. The highest BCUT2D eigenvalue weighted by atomic mass is 19.4. The maximum atomic E-state index is 12.9. The van der Waals surface area contributed by atoms with Gasteiger partial charge in [-0.2, -0.15) is 18.2 Å². The van der Waals surface area contributed by atoms with Gasteiger partial charge in [-0.3, -0.25) is 0 Å². The van der Waals surface area contributed by atoms with Crippen LogP contribution in [0.5, 0.6) is 0 Å². The van der Waals surface area contributed by atoms with E-state index in [0.717, 1.165) is 17.7 Å². The Morgan fingerprint density at radius 1 is 1.14 bits per heavy atom. The number of hydrogen-bond acceptors (Lipinski definition) is 3. The van der Waals surface area contributed by atoms with Crippen molar-refractivity contribution >= 4 is 11.6 Å². The standard InChI is InChI=1S/C14H11F3N4/c1-8-4-5-9(14(15,16)17)7-11(8)10-3-2-6-21-12(10)19-13(18)20-21/h2-7H,1H3,(H2,18,20). The monoisotopic (exact) mass is 292 g/mol. The first-order chi connectivity index (χ1) is 9.86. The molecule has 108 valence electrons. The van der Waals surface area contributed by atoms with Gasteiger partial charge >= 0.3 is 6.18 Å². The zero-order chi connectivity index (χ0) is 15.2. The first-order valence-electron chi connectivity index (χ1n) is 6.15. The number of hydrogen-bond donors (Lipinski definition) is 1. The quantitative estimate of drug-likeness (QED) is 0.748. The number of aromatic nitrogens is 3. The summed E-state index contributed by atoms with van der Waals surface area (Å²) in [5, 5.41) is 3.96. The highest BCUT2D eigenvalue weighted by Crippen LogP contribution is 2.34. The van der Waals surface area contributed by atoms with Gasteiger partial charge in [-0.05, 0) is 42.3 Å². The number of nitrogens with two attached hydrogens (primary N) is 1. The molecule has 0 aliphatic rings. The number of nitrogens with zero attached hydrogens (tertiary/aromatic N) is 3. The van der Waals surface area contributed by atoms with Crippen LogP contribution in [0, 0.1) is 6.92 Å². The Kier molecular flexibility index (Phi) is 2.86. The van der Waals surface area contributed by atoms with Crippen molar-refractivity contribution in [3.8, 4) is 11.1 Å². The van der Waals surface area contributed by atoms with Crippen LogP contribution < -0.4 is 5.73 Å². The molecule has 3 aromatic rings. The molecule has 0 amide bonds. The lowest BCUT2D eigenvalue weighted by Gasteiger charge is -2.12. The second-order valence-electron chi connectivity index (χ2n) is 4.69. The lowest BCUT2D eigenvalue weighted by atomic mass is 9.98. The lowest BCUT2D eigenvalue weighted by molar-refractivity contribution is -0.137. The SMILES string of the molecule is Cc1ccc(C(F)(F)F)cc1-c1cccn2nc(N)nc12. The maximum absolute atomic E-state index is 12.9. The topological polar surface area (TPSA) is 56.2 Å². The fourth-order valence-electron chi connectivity index (χ4n) is 2.22. The van der Waals surface area contributed by atoms with E-state index in [1.807, 2.05) is 0 Å². The molecule has 0 bridgehead atoms. The summed E-state index contributed by atoms with van der Waals surface area (Å²) in [7, 11) is 0. The van der Waals surface area contributed by atoms with E-state index in [4.69, 9.17) is 5.73 Å². The minimum Gasteiger partial charge on any atom is -0.366 e. The molecule has 1 aromatic carbocycles. The summed E-state index contributed by atoms with van der Waals surface area (Å²) >= 11 is 0. The molecule has 0 saturated carbocycles. The summed E-state index contributed by atoms with van der Waals surface area (Å²) in [6.07, 6.45) is -2.74. The van der Waals surface area contributed by atoms with Gasteiger partial charge in [0.2, 0.25) is 5.95 Å². The fraction of sp³-hybridized carbons (Fsp3) is 0.143. The molecule has 3 rings (SSSR count). The minimum absolute atomic E-state index is 0.0760. The Hall–Kier alpha value is -2.57. The van der Waals surface area contributed by atoms with E-state index in [9.17, 15) is 13.2 Å². The van der Waals surface area contributed by atoms with E-state index in [2.05, 4.69) is 10.1 Å². The zero-order valence-electron chi connectivity index (χ0n) is 11.0. The normalized spacial score (nSPS) is 12.0. The molecule has 0 saturated heterocycles. The fourth-order valence-corrected chi connectivity index (χ4v) is 2.22. The van der Waals surface area contributed by atoms with Gasteiger partial charge in [0.25, 0.3) is 0 Å². The van der Waals surface area contributed by atoms with Crippen LogP contribution >= 0.6 is 0 Å². The molecule has 0 radical (unpaired) electrons. The first kappa shape index (κ1) is 13.4. The molecular weight excluding hydrogens is 281 g/mol. The molecule has 0 spiro atoms. The van der Waals surface area contributed by atoms with Crippen LogP contribution in [0.1, 0.15) is 11.1 Å². The summed E-state index contributed by atoms with van der Waals surface area (Å²) in [5.41, 5.74) is 7.02. The predicted octanol–water partition coefficient (Wildman–Crippen LogP) is 3.31. The Bertz CT molecular complexity index is 821. The van der Waals surface area contributed by atoms with E-state index in [0.29, 0.717) is 16.8 Å². The van der Waals surface area contributed by atoms with E-state index in [1.54, 1.807) is 25.3 Å². The number of benzene rings is 1. The number of halogens is 3. The summed E-state index contributed by atoms with van der Waals surface area (Å²) in [6, 6.07) is 7.02. The third kappa shape index (κ3) is 2.31. The van der Waals surface area contributed by atoms with Crippen LogP contribution in [0.15, 0.2) is 36.5 Å². The van der Waals surface area contributed by atoms with Crippen molar-refractivity contribution in [2.45, 2.75) is 13.1 Å². The van der Waals surface area contributed by atoms with Crippen LogP contribution in [0.2, 0.25) is 0 Å². The number of fused-ring (bicyclic) bond motifs is 1. The first-order valence-corrected chi connectivity index (χ1v) is 6.15. The molecule has 21 heavy (non-hydrogen) atoms. The Labute approximate surface area is 118 Å². The van der Waals surface area contributed by atoms with Gasteiger partial charge in [-0.15, -0.1) is 5.10 Å². The number of rotatable bonds is 1. The van der Waals surface area contributed by atoms with Gasteiger partial charge < -0.3 is 5.73 Å². The number of nitrogen functional groups attached to an aromatic ring is 1. The molecular formula is C14H11F3N4. The molecule has 0 aliphatic carbocycles. The van der Waals surface area contributed by atoms with E-state index in [-0.39, 0.29) is 5.95 Å². The lowest BCUT2D eigenvalue weighted by Crippen LogP contribution is -2.05. The average molecular weight is 292 g/mol. The molecule has 0 atom stereocenters. The van der Waals surface area contributed by atoms with Crippen molar-refractivity contribution in [3.05, 3.63) is 47.7 Å². The minimum atomic E-state index is -4.39. The number of aryl methyl sites for hydroxylation is 1. The molecule has 2 heterocycles. The van der Waals surface area contributed by atoms with Crippen LogP contribution in [0.4, 0.5) is 19.1 Å². The van der Waals surface area contributed by atoms with Gasteiger partial charge in [0.05, 0.1) is 5.56 Å². The van der Waals surface area contributed by atoms with Crippen molar-refractivity contribution in [1.82, 2.24) is 14.6 Å². The van der Waals surface area contributed by atoms with Crippen LogP contribution in [-0.2, 0) is 6.18 Å². The Morgan fingerprint density at radius 3 is 2.62 bits per heavy atom. The largest absolute Gasteiger partial charge is 0.416 e. The van der Waals surface area contributed by atoms with Gasteiger partial charge in [0.1, 0.15) is 0 Å². The van der Waals surface area contributed by atoms with Crippen LogP contribution in [0.25, 0.3) is 16.8 Å². The van der Waals surface area contributed by atoms with Gasteiger partial charge in [-0.1, -0.05) is 6.07 Å². The summed E-state index contributed by atoms with van der Waals surface area (Å²) in [5.74, 6) is 0.0760. The van der Waals surface area contributed by atoms with Crippen molar-refractivity contribution in [2.24, 2.45) is 0 Å². The highest BCUT2D eigenvalue weighted by Gasteiger charge is 2.31. The van der Waals surface area contributed by atoms with E-state index >= 15 is 0 Å². The Morgan fingerprint density at radius 2 is 1.90 bits per heavy atom. The molecule has 2 N–H and O–H groups in total. The number of pyridine rings is 1. The molecule has 0 fully saturated rings. The number of alkyl halides is 3. The van der Waals surface area contributed by atoms with Crippen molar-refractivity contribution in [2.75, 3.05) is 5.73 Å². The molecule has 0 unspecified atom stereocenters. The molecule has 7 heteroatoms. The average Bonchev–Trinajstić information content (AvgIpc) is 2.78. The van der Waals surface area contributed by atoms with Crippen molar-refractivity contribution in [3.63, 3.8) is 0 Å². The zero-order valence-corrected chi connectivity index (χ0v) is 11.0.